The van der Waals surface area contributed by atoms with Gasteiger partial charge in [0, 0.05) is 40.8 Å². The second-order valence-electron chi connectivity index (χ2n) is 7.54. The summed E-state index contributed by atoms with van der Waals surface area (Å²) in [6.45, 7) is 2.84. The van der Waals surface area contributed by atoms with Crippen LogP contribution in [0.3, 0.4) is 0 Å². The van der Waals surface area contributed by atoms with Crippen LogP contribution in [0.1, 0.15) is 31.2 Å². The Hall–Kier alpha value is -0.870. The minimum Gasteiger partial charge on any atom is -0.352 e. The fourth-order valence-corrected chi connectivity index (χ4v) is 4.98. The van der Waals surface area contributed by atoms with Crippen LogP contribution >= 0.6 is 24.0 Å². The van der Waals surface area contributed by atoms with E-state index in [1.807, 2.05) is 19.2 Å². The largest absolute Gasteiger partial charge is 0.352 e. The average molecular weight is 506 g/mol. The van der Waals surface area contributed by atoms with Crippen LogP contribution in [0, 0.1) is 11.8 Å². The number of aliphatic imine (C=N–C) groups is 1. The smallest absolute Gasteiger partial charge is 0.242 e. The van der Waals surface area contributed by atoms with E-state index < -0.39 is 10.0 Å². The number of guanidine groups is 1. The molecule has 1 saturated heterocycles. The molecule has 0 amide bonds. The number of halogens is 1. The predicted octanol–water partition coefficient (Wildman–Crippen LogP) is 2.75. The van der Waals surface area contributed by atoms with Crippen molar-refractivity contribution in [3.8, 4) is 0 Å². The molecular formula is C19H31IN4O2S. The standard InChI is InChI=1S/C19H30N4O2S.HI/c1-20-19(23-13-16-6-4-5-7-17(16)14-23)21-12-15-8-10-18(11-9-15)26(24,25)22(2)3;/h8-11,16-17H,4-7,12-14H2,1-3H3,(H,20,21);1H. The van der Waals surface area contributed by atoms with Gasteiger partial charge in [-0.1, -0.05) is 25.0 Å². The molecule has 0 aromatic heterocycles. The lowest BCUT2D eigenvalue weighted by Crippen LogP contribution is -2.39. The zero-order valence-electron chi connectivity index (χ0n) is 16.4. The molecule has 0 bridgehead atoms. The van der Waals surface area contributed by atoms with Crippen LogP contribution in [0.15, 0.2) is 34.2 Å². The van der Waals surface area contributed by atoms with Gasteiger partial charge in [0.25, 0.3) is 0 Å². The molecule has 8 heteroatoms. The van der Waals surface area contributed by atoms with E-state index >= 15 is 0 Å². The number of nitrogens with one attached hydrogen (secondary N) is 1. The Balaban J connectivity index is 0.00000261. The number of rotatable bonds is 4. The van der Waals surface area contributed by atoms with Gasteiger partial charge in [0.05, 0.1) is 4.90 Å². The van der Waals surface area contributed by atoms with Gasteiger partial charge in [-0.2, -0.15) is 0 Å². The number of likely N-dealkylation sites (tertiary alicyclic amines) is 1. The molecule has 2 fully saturated rings. The van der Waals surface area contributed by atoms with E-state index in [0.717, 1.165) is 36.4 Å². The minimum atomic E-state index is -3.37. The zero-order chi connectivity index (χ0) is 18.7. The molecular weight excluding hydrogens is 475 g/mol. The van der Waals surface area contributed by atoms with E-state index in [1.165, 1.54) is 30.0 Å². The lowest BCUT2D eigenvalue weighted by molar-refractivity contribution is 0.299. The molecule has 2 atom stereocenters. The molecule has 3 rings (SSSR count). The third-order valence-corrected chi connectivity index (χ3v) is 7.47. The highest BCUT2D eigenvalue weighted by Crippen LogP contribution is 2.35. The maximum atomic E-state index is 12.1. The zero-order valence-corrected chi connectivity index (χ0v) is 19.5. The van der Waals surface area contributed by atoms with Gasteiger partial charge in [0.2, 0.25) is 10.0 Å². The van der Waals surface area contributed by atoms with Gasteiger partial charge < -0.3 is 10.2 Å². The van der Waals surface area contributed by atoms with Crippen molar-refractivity contribution in [1.29, 1.82) is 0 Å². The Labute approximate surface area is 180 Å². The summed E-state index contributed by atoms with van der Waals surface area (Å²) in [5.41, 5.74) is 1.04. The van der Waals surface area contributed by atoms with Crippen LogP contribution in [-0.4, -0.2) is 57.8 Å². The lowest BCUT2D eigenvalue weighted by atomic mass is 9.82. The summed E-state index contributed by atoms with van der Waals surface area (Å²) in [5, 5.41) is 3.43. The normalized spacial score (nSPS) is 23.1. The van der Waals surface area contributed by atoms with Crippen LogP contribution in [0.4, 0.5) is 0 Å². The third kappa shape index (κ3) is 5.14. The van der Waals surface area contributed by atoms with Crippen LogP contribution in [0.2, 0.25) is 0 Å². The third-order valence-electron chi connectivity index (χ3n) is 5.64. The molecule has 1 heterocycles. The summed E-state index contributed by atoms with van der Waals surface area (Å²) in [4.78, 5) is 7.15. The molecule has 2 unspecified atom stereocenters. The molecule has 1 saturated carbocycles. The van der Waals surface area contributed by atoms with Crippen LogP contribution in [0.25, 0.3) is 0 Å². The highest BCUT2D eigenvalue weighted by molar-refractivity contribution is 14.0. The second-order valence-corrected chi connectivity index (χ2v) is 9.69. The average Bonchev–Trinajstić information content (AvgIpc) is 3.06. The van der Waals surface area contributed by atoms with E-state index in [1.54, 1.807) is 26.2 Å². The number of sulfonamides is 1. The van der Waals surface area contributed by atoms with E-state index in [0.29, 0.717) is 11.4 Å². The van der Waals surface area contributed by atoms with Gasteiger partial charge in [-0.25, -0.2) is 12.7 Å². The van der Waals surface area contributed by atoms with Crippen LogP contribution in [-0.2, 0) is 16.6 Å². The quantitative estimate of drug-likeness (QED) is 0.388. The fourth-order valence-electron chi connectivity index (χ4n) is 4.08. The van der Waals surface area contributed by atoms with Crippen molar-refractivity contribution in [2.45, 2.75) is 37.1 Å². The van der Waals surface area contributed by atoms with Crippen molar-refractivity contribution < 1.29 is 8.42 Å². The first-order chi connectivity index (χ1) is 12.4. The van der Waals surface area contributed by atoms with Crippen molar-refractivity contribution in [1.82, 2.24) is 14.5 Å². The van der Waals surface area contributed by atoms with Crippen molar-refractivity contribution >= 4 is 40.0 Å². The summed E-state index contributed by atoms with van der Waals surface area (Å²) >= 11 is 0. The van der Waals surface area contributed by atoms with Crippen LogP contribution in [0.5, 0.6) is 0 Å². The lowest BCUT2D eigenvalue weighted by Gasteiger charge is -2.22. The molecule has 1 aromatic rings. The SMILES string of the molecule is CN=C(NCc1ccc(S(=O)(=O)N(C)C)cc1)N1CC2CCCCC2C1.I. The Morgan fingerprint density at radius 2 is 1.70 bits per heavy atom. The predicted molar refractivity (Wildman–Crippen MR) is 120 cm³/mol. The second kappa shape index (κ2) is 9.56. The highest BCUT2D eigenvalue weighted by atomic mass is 127. The maximum absolute atomic E-state index is 12.1. The summed E-state index contributed by atoms with van der Waals surface area (Å²) in [6, 6.07) is 7.06. The van der Waals surface area contributed by atoms with Crippen LogP contribution < -0.4 is 5.32 Å². The maximum Gasteiger partial charge on any atom is 0.242 e. The molecule has 0 radical (unpaired) electrons. The molecule has 1 aliphatic heterocycles. The number of fused-ring (bicyclic) bond motifs is 1. The Morgan fingerprint density at radius 1 is 1.15 bits per heavy atom. The van der Waals surface area contributed by atoms with Gasteiger partial charge in [0.15, 0.2) is 5.96 Å². The molecule has 1 aromatic carbocycles. The van der Waals surface area contributed by atoms with Crippen molar-refractivity contribution in [2.75, 3.05) is 34.2 Å². The topological polar surface area (TPSA) is 65.0 Å². The van der Waals surface area contributed by atoms with Gasteiger partial charge >= 0.3 is 0 Å². The molecule has 1 aliphatic carbocycles. The first kappa shape index (κ1) is 22.4. The Bertz CT molecular complexity index is 735. The Morgan fingerprint density at radius 3 is 2.19 bits per heavy atom. The van der Waals surface area contributed by atoms with Gasteiger partial charge in [0.1, 0.15) is 0 Å². The minimum absolute atomic E-state index is 0. The molecule has 2 aliphatic rings. The van der Waals surface area contributed by atoms with E-state index in [9.17, 15) is 8.42 Å². The monoisotopic (exact) mass is 506 g/mol. The molecule has 0 spiro atoms. The number of nitrogens with zero attached hydrogens (tertiary/aromatic N) is 3. The van der Waals surface area contributed by atoms with Gasteiger partial charge in [-0.05, 0) is 42.4 Å². The number of benzene rings is 1. The van der Waals surface area contributed by atoms with Gasteiger partial charge in [-0.3, -0.25) is 4.99 Å². The first-order valence-corrected chi connectivity index (χ1v) is 10.8. The molecule has 27 heavy (non-hydrogen) atoms. The van der Waals surface area contributed by atoms with Crippen molar-refractivity contribution in [2.24, 2.45) is 16.8 Å². The van der Waals surface area contributed by atoms with Crippen molar-refractivity contribution in [3.63, 3.8) is 0 Å². The first-order valence-electron chi connectivity index (χ1n) is 9.39. The highest BCUT2D eigenvalue weighted by Gasteiger charge is 2.35. The summed E-state index contributed by atoms with van der Waals surface area (Å²) < 4.78 is 25.5. The molecule has 152 valence electrons. The summed E-state index contributed by atoms with van der Waals surface area (Å²) in [6.07, 6.45) is 5.42. The van der Waals surface area contributed by atoms with E-state index in [2.05, 4.69) is 15.2 Å². The van der Waals surface area contributed by atoms with Gasteiger partial charge in [-0.15, -0.1) is 24.0 Å². The number of hydrogen-bond acceptors (Lipinski definition) is 3. The molecule has 1 N–H and O–H groups in total. The summed E-state index contributed by atoms with van der Waals surface area (Å²) in [7, 11) is 1.54. The van der Waals surface area contributed by atoms with E-state index in [-0.39, 0.29) is 24.0 Å². The fraction of sp³-hybridized carbons (Fsp3) is 0.632. The molecule has 6 nitrogen and oxygen atoms in total. The Kier molecular flexibility index (Phi) is 7.94. The van der Waals surface area contributed by atoms with Crippen molar-refractivity contribution in [3.05, 3.63) is 29.8 Å². The van der Waals surface area contributed by atoms with E-state index in [4.69, 9.17) is 0 Å². The number of hydrogen-bond donors (Lipinski definition) is 1. The summed E-state index contributed by atoms with van der Waals surface area (Å²) in [5.74, 6) is 2.58.